The molecule has 0 nitrogen and oxygen atoms in total. The Morgan fingerprint density at radius 1 is 0.250 bits per heavy atom. The molecule has 0 fully saturated rings. The van der Waals surface area contributed by atoms with Gasteiger partial charge in [-0.25, -0.2) is 0 Å². The summed E-state index contributed by atoms with van der Waals surface area (Å²) in [6.45, 7) is 7.36. The average Bonchev–Trinajstić information content (AvgIpc) is 4.12. The van der Waals surface area contributed by atoms with E-state index in [2.05, 4.69) is 6.92 Å². The highest BCUT2D eigenvalue weighted by Gasteiger charge is 2.62. The van der Waals surface area contributed by atoms with Crippen molar-refractivity contribution in [2.45, 2.75) is 24.7 Å². The molecule has 0 spiro atoms. The fourth-order valence-electron chi connectivity index (χ4n) is 24.1. The standard InChI is InChI=1S/C64H8/c1-4(2)3-64-61-57-51-37-29-21-9-6-5-7-10(9)22-24-20-14(7)16-12-8(5)11-15-13(6)19-23(21)35(37)43-41-27(19)25(15)33-31-17(11)18(12)32-34-26(16)28(20)42-44-36(24)38(30(22)29)52(51)58(61)54(44)56-48(42)46(34)50-40(32)39(31)49-45(33)47(41)55(53(43)57)62(64)59(49)60(50)63(56)64/h61H,1,3H2,2H3. The van der Waals surface area contributed by atoms with E-state index in [-0.39, 0.29) is 5.41 Å². The van der Waals surface area contributed by atoms with Crippen LogP contribution in [0.5, 0.6) is 0 Å². The number of benzene rings is 18. The van der Waals surface area contributed by atoms with Crippen LogP contribution in [0.2, 0.25) is 0 Å². The number of hydrogen-bond donors (Lipinski definition) is 0. The van der Waals surface area contributed by atoms with Gasteiger partial charge in [-0.15, -0.1) is 6.58 Å². The van der Waals surface area contributed by atoms with E-state index >= 15 is 0 Å². The summed E-state index contributed by atoms with van der Waals surface area (Å²) in [5, 5.41) is 90.5. The van der Waals surface area contributed by atoms with Crippen molar-refractivity contribution in [2.24, 2.45) is 0 Å². The van der Waals surface area contributed by atoms with Gasteiger partial charge >= 0.3 is 0 Å². The van der Waals surface area contributed by atoms with Crippen LogP contribution in [0.25, 0.3) is 291 Å². The Morgan fingerprint density at radius 3 is 0.578 bits per heavy atom. The van der Waals surface area contributed by atoms with Crippen LogP contribution in [0.4, 0.5) is 0 Å². The zero-order chi connectivity index (χ0) is 37.8. The molecule has 28 aromatic carbocycles. The van der Waals surface area contributed by atoms with Gasteiger partial charge in [0, 0.05) is 11.3 Å². The highest BCUT2D eigenvalue weighted by Crippen LogP contribution is 2.84. The minimum absolute atomic E-state index is 0.169. The van der Waals surface area contributed by atoms with E-state index < -0.39 is 0 Å². The Morgan fingerprint density at radius 2 is 0.391 bits per heavy atom. The van der Waals surface area contributed by atoms with Crippen molar-refractivity contribution >= 4 is 291 Å². The average molecular weight is 777 g/mol. The van der Waals surface area contributed by atoms with Gasteiger partial charge in [0.15, 0.2) is 0 Å². The Bertz CT molecular complexity index is 6740. The van der Waals surface area contributed by atoms with Crippen LogP contribution in [0.1, 0.15) is 41.5 Å². The summed E-state index contributed by atoms with van der Waals surface area (Å²) in [5.41, 5.74) is 8.23. The molecule has 0 aromatic heterocycles. The number of allylic oxidation sites excluding steroid dienone is 1. The number of hydrogen-bond acceptors (Lipinski definition) is 0. The van der Waals surface area contributed by atoms with E-state index in [1.54, 1.807) is 313 Å². The third kappa shape index (κ3) is 1.16. The van der Waals surface area contributed by atoms with Crippen molar-refractivity contribution in [2.75, 3.05) is 0 Å². The maximum absolute atomic E-state index is 4.96. The topological polar surface area (TPSA) is 0 Å². The molecule has 0 radical (unpaired) electrons. The van der Waals surface area contributed by atoms with Crippen molar-refractivity contribution in [1.29, 1.82) is 0 Å². The third-order valence-corrected chi connectivity index (χ3v) is 23.9. The summed E-state index contributed by atoms with van der Waals surface area (Å²) < 4.78 is 0. The maximum Gasteiger partial charge on any atom is 0.0375 e. The maximum atomic E-state index is 4.96. The molecule has 0 saturated carbocycles. The Labute approximate surface area is 348 Å². The van der Waals surface area contributed by atoms with Crippen LogP contribution >= 0.6 is 0 Å². The van der Waals surface area contributed by atoms with Gasteiger partial charge < -0.3 is 0 Å². The molecule has 0 amide bonds. The normalized spacial score (nSPS) is 21.5. The fraction of sp³-hybridized carbons (Fsp3) is 0.0625. The molecule has 0 bridgehead atoms. The summed E-state index contributed by atoms with van der Waals surface area (Å²) >= 11 is 0. The Balaban J connectivity index is 1.29. The second-order valence-corrected chi connectivity index (χ2v) is 24.4. The molecule has 0 heteroatoms. The minimum atomic E-state index is -0.169. The first kappa shape index (κ1) is 23.0. The van der Waals surface area contributed by atoms with Crippen molar-refractivity contribution in [3.8, 4) is 0 Å². The van der Waals surface area contributed by atoms with Crippen LogP contribution in [0.3, 0.4) is 0 Å². The van der Waals surface area contributed by atoms with Crippen LogP contribution in [-0.2, 0) is 5.41 Å². The van der Waals surface area contributed by atoms with Gasteiger partial charge in [-0.05, 0) is 326 Å². The molecular formula is C64H8. The Hall–Kier alpha value is -7.80. The fourth-order valence-corrected chi connectivity index (χ4v) is 24.1. The van der Waals surface area contributed by atoms with Crippen LogP contribution < -0.4 is 0 Å². The van der Waals surface area contributed by atoms with E-state index in [1.165, 1.54) is 5.57 Å². The lowest BCUT2D eigenvalue weighted by Crippen LogP contribution is -2.37. The van der Waals surface area contributed by atoms with Crippen molar-refractivity contribution in [1.82, 2.24) is 0 Å². The zero-order valence-corrected chi connectivity index (χ0v) is 33.0. The molecule has 4 aliphatic rings. The van der Waals surface area contributed by atoms with Gasteiger partial charge in [0.25, 0.3) is 0 Å². The molecule has 0 N–H and O–H groups in total. The molecule has 32 rings (SSSR count). The number of rotatable bonds is 2. The first-order chi connectivity index (χ1) is 31.8. The van der Waals surface area contributed by atoms with Gasteiger partial charge in [-0.3, -0.25) is 0 Å². The third-order valence-electron chi connectivity index (χ3n) is 23.9. The van der Waals surface area contributed by atoms with Gasteiger partial charge in [0.05, 0.1) is 0 Å². The van der Waals surface area contributed by atoms with E-state index in [4.69, 9.17) is 6.58 Å². The predicted molar refractivity (Wildman–Crippen MR) is 274 cm³/mol. The van der Waals surface area contributed by atoms with E-state index in [0.29, 0.717) is 5.92 Å². The molecule has 0 aliphatic heterocycles. The molecule has 0 saturated heterocycles. The SMILES string of the molecule is C=C(C)CC12c3c4c5c6c7c8c(c9c%10c1c1c3c3c%11c4c4c5c5c7c7c%12c8c8c9c9c%10c%10c1c1c3c3c%11c%11c4c4c5c7c5c7c%12c8c8c9c9c%10c1c1c3c3c%11c4c5c4c7c8c9c1c34)C62. The highest BCUT2D eigenvalue weighted by molar-refractivity contribution is 6.82. The highest BCUT2D eigenvalue weighted by atomic mass is 14.6. The van der Waals surface area contributed by atoms with Crippen molar-refractivity contribution in [3.63, 3.8) is 0 Å². The van der Waals surface area contributed by atoms with Gasteiger partial charge in [-0.1, -0.05) is 5.57 Å². The van der Waals surface area contributed by atoms with Gasteiger partial charge in [-0.2, -0.15) is 0 Å². The van der Waals surface area contributed by atoms with Crippen LogP contribution in [-0.4, -0.2) is 0 Å². The molecule has 0 atom stereocenters. The summed E-state index contributed by atoms with van der Waals surface area (Å²) in [5.74, 6) is 0.315. The first-order valence-corrected chi connectivity index (χ1v) is 24.2. The quantitative estimate of drug-likeness (QED) is 0.121. The zero-order valence-electron chi connectivity index (χ0n) is 33.0. The smallest absolute Gasteiger partial charge is 0.0375 e. The Kier molecular flexibility index (Phi) is 1.82. The van der Waals surface area contributed by atoms with Crippen molar-refractivity contribution < 1.29 is 0 Å². The van der Waals surface area contributed by atoms with Crippen LogP contribution in [0.15, 0.2) is 12.2 Å². The molecule has 0 unspecified atom stereocenters. The summed E-state index contributed by atoms with van der Waals surface area (Å²) in [6, 6.07) is 0. The lowest BCUT2D eigenvalue weighted by Gasteiger charge is -2.45. The van der Waals surface area contributed by atoms with Gasteiger partial charge in [0.1, 0.15) is 0 Å². The monoisotopic (exact) mass is 776 g/mol. The summed E-state index contributed by atoms with van der Waals surface area (Å²) in [4.78, 5) is 0. The lowest BCUT2D eigenvalue weighted by molar-refractivity contribution is 0.471. The first-order valence-electron chi connectivity index (χ1n) is 24.2. The van der Waals surface area contributed by atoms with E-state index in [1.807, 2.05) is 0 Å². The molecular weight excluding hydrogens is 769 g/mol. The summed E-state index contributed by atoms with van der Waals surface area (Å²) in [6.07, 6.45) is 1.04. The lowest BCUT2D eigenvalue weighted by atomic mass is 9.55. The predicted octanol–water partition coefficient (Wildman–Crippen LogP) is 18.1. The molecule has 28 aromatic rings. The van der Waals surface area contributed by atoms with Crippen LogP contribution in [0, 0.1) is 0 Å². The van der Waals surface area contributed by atoms with Gasteiger partial charge in [0.2, 0.25) is 0 Å². The van der Waals surface area contributed by atoms with E-state index in [9.17, 15) is 0 Å². The molecule has 64 heavy (non-hydrogen) atoms. The summed E-state index contributed by atoms with van der Waals surface area (Å²) in [7, 11) is 0. The van der Waals surface area contributed by atoms with Crippen molar-refractivity contribution in [3.05, 3.63) is 34.4 Å². The minimum Gasteiger partial charge on any atom is -0.100 e. The van der Waals surface area contributed by atoms with E-state index in [0.717, 1.165) is 6.42 Å². The molecule has 0 heterocycles. The second kappa shape index (κ2) is 5.05. The largest absolute Gasteiger partial charge is 0.100 e. The molecule has 264 valence electrons. The second-order valence-electron chi connectivity index (χ2n) is 24.4. The molecule has 4 aliphatic carbocycles.